The topological polar surface area (TPSA) is 21.7 Å². The number of hydrogen-bond donors (Lipinski definition) is 0. The number of benzene rings is 7. The van der Waals surface area contributed by atoms with Gasteiger partial charge in [0.1, 0.15) is 0 Å². The zero-order chi connectivity index (χ0) is 29.4. The summed E-state index contributed by atoms with van der Waals surface area (Å²) in [6.45, 7) is 4.66. The molecular weight excluding hydrogens is 538 g/mol. The highest BCUT2D eigenvalue weighted by molar-refractivity contribution is 6.08. The zero-order valence-electron chi connectivity index (χ0n) is 24.5. The summed E-state index contributed by atoms with van der Waals surface area (Å²) >= 11 is 0. The van der Waals surface area contributed by atoms with E-state index in [1.807, 2.05) is 30.3 Å². The minimum absolute atomic E-state index is 0.105. The minimum Gasteiger partial charge on any atom is -0.450 e. The van der Waals surface area contributed by atoms with Gasteiger partial charge >= 0.3 is 0 Å². The van der Waals surface area contributed by atoms with Gasteiger partial charge in [0.2, 0.25) is 0 Å². The maximum atomic E-state index is 6.36. The Bertz CT molecular complexity index is 2280. The average molecular weight is 568 g/mol. The van der Waals surface area contributed by atoms with Crippen LogP contribution in [-0.2, 0) is 5.41 Å². The molecule has 0 fully saturated rings. The lowest BCUT2D eigenvalue weighted by Crippen LogP contribution is -2.16. The molecule has 1 aliphatic heterocycles. The second kappa shape index (κ2) is 9.23. The molecule has 9 rings (SSSR count). The first-order valence-corrected chi connectivity index (χ1v) is 15.1. The van der Waals surface area contributed by atoms with Crippen LogP contribution in [0.25, 0.3) is 32.7 Å². The maximum Gasteiger partial charge on any atom is 0.172 e. The molecule has 0 spiro atoms. The Kier molecular flexibility index (Phi) is 5.24. The fourth-order valence-electron chi connectivity index (χ4n) is 7.07. The SMILES string of the molecule is CC1(C)c2ccccc2-c2ccc(N(c3ccc4c(c3)Oc3ccccc3O4)c3ccc4c(ccc5ccccc54)c3)cc21. The van der Waals surface area contributed by atoms with Crippen LogP contribution in [0.5, 0.6) is 23.0 Å². The lowest BCUT2D eigenvalue weighted by Gasteiger charge is -2.29. The van der Waals surface area contributed by atoms with Crippen molar-refractivity contribution in [3.05, 3.63) is 151 Å². The van der Waals surface area contributed by atoms with Crippen LogP contribution in [0.1, 0.15) is 25.0 Å². The van der Waals surface area contributed by atoms with Gasteiger partial charge in [0.25, 0.3) is 0 Å². The molecule has 0 radical (unpaired) electrons. The summed E-state index contributed by atoms with van der Waals surface area (Å²) in [5.74, 6) is 2.86. The number of ether oxygens (including phenoxy) is 2. The van der Waals surface area contributed by atoms with Gasteiger partial charge in [0.15, 0.2) is 23.0 Å². The number of rotatable bonds is 3. The van der Waals surface area contributed by atoms with E-state index < -0.39 is 0 Å². The van der Waals surface area contributed by atoms with E-state index in [9.17, 15) is 0 Å². The second-order valence-corrected chi connectivity index (χ2v) is 12.2. The van der Waals surface area contributed by atoms with Crippen molar-refractivity contribution in [3.8, 4) is 34.1 Å². The molecule has 44 heavy (non-hydrogen) atoms. The lowest BCUT2D eigenvalue weighted by atomic mass is 9.82. The number of anilines is 3. The van der Waals surface area contributed by atoms with Crippen molar-refractivity contribution >= 4 is 38.6 Å². The molecule has 1 aliphatic carbocycles. The Morgan fingerprint density at radius 2 is 1.02 bits per heavy atom. The third-order valence-corrected chi connectivity index (χ3v) is 9.29. The summed E-state index contributed by atoms with van der Waals surface area (Å²) in [7, 11) is 0. The van der Waals surface area contributed by atoms with Crippen molar-refractivity contribution in [2.24, 2.45) is 0 Å². The fourth-order valence-corrected chi connectivity index (χ4v) is 7.07. The highest BCUT2D eigenvalue weighted by Gasteiger charge is 2.35. The molecule has 0 aromatic heterocycles. The first kappa shape index (κ1) is 25.0. The summed E-state index contributed by atoms with van der Waals surface area (Å²) in [5, 5.41) is 4.96. The third kappa shape index (κ3) is 3.69. The van der Waals surface area contributed by atoms with E-state index >= 15 is 0 Å². The van der Waals surface area contributed by atoms with Crippen molar-refractivity contribution in [1.29, 1.82) is 0 Å². The predicted octanol–water partition coefficient (Wildman–Crippen LogP) is 11.7. The van der Waals surface area contributed by atoms with Crippen molar-refractivity contribution in [1.82, 2.24) is 0 Å². The minimum atomic E-state index is -0.105. The zero-order valence-corrected chi connectivity index (χ0v) is 24.5. The molecule has 1 heterocycles. The Balaban J connectivity index is 1.23. The summed E-state index contributed by atoms with van der Waals surface area (Å²) < 4.78 is 12.6. The van der Waals surface area contributed by atoms with Crippen molar-refractivity contribution in [3.63, 3.8) is 0 Å². The number of nitrogens with zero attached hydrogens (tertiary/aromatic N) is 1. The molecular formula is C41H29NO2. The van der Waals surface area contributed by atoms with E-state index in [4.69, 9.17) is 9.47 Å². The molecule has 7 aromatic carbocycles. The van der Waals surface area contributed by atoms with Gasteiger partial charge in [-0.1, -0.05) is 98.8 Å². The first-order chi connectivity index (χ1) is 21.5. The van der Waals surface area contributed by atoms with Crippen molar-refractivity contribution in [2.75, 3.05) is 4.90 Å². The molecule has 0 atom stereocenters. The quantitative estimate of drug-likeness (QED) is 0.198. The highest BCUT2D eigenvalue weighted by atomic mass is 16.6. The summed E-state index contributed by atoms with van der Waals surface area (Å²) in [6.07, 6.45) is 0. The molecule has 210 valence electrons. The standard InChI is InChI=1S/C41H29NO2/c1-41(2)35-12-6-5-11-33(35)34-21-18-29(24-36(34)41)42(28-17-20-32-27(23-28)16-15-26-9-3-4-10-31(26)32)30-19-22-39-40(25-30)44-38-14-8-7-13-37(38)43-39/h3-25H,1-2H3. The van der Waals surface area contributed by atoms with Crippen LogP contribution in [-0.4, -0.2) is 0 Å². The molecule has 7 aromatic rings. The van der Waals surface area contributed by atoms with Gasteiger partial charge < -0.3 is 14.4 Å². The van der Waals surface area contributed by atoms with Gasteiger partial charge in [-0.15, -0.1) is 0 Å². The van der Waals surface area contributed by atoms with Gasteiger partial charge in [0, 0.05) is 22.9 Å². The maximum absolute atomic E-state index is 6.36. The van der Waals surface area contributed by atoms with Crippen molar-refractivity contribution < 1.29 is 9.47 Å². The normalized spacial score (nSPS) is 13.8. The summed E-state index contributed by atoms with van der Waals surface area (Å²) in [4.78, 5) is 2.33. The van der Waals surface area contributed by atoms with Crippen LogP contribution >= 0.6 is 0 Å². The Hall–Kier alpha value is -5.54. The second-order valence-electron chi connectivity index (χ2n) is 12.2. The van der Waals surface area contributed by atoms with Gasteiger partial charge in [-0.2, -0.15) is 0 Å². The van der Waals surface area contributed by atoms with E-state index in [1.54, 1.807) is 0 Å². The van der Waals surface area contributed by atoms with E-state index in [1.165, 1.54) is 43.8 Å². The van der Waals surface area contributed by atoms with Crippen LogP contribution in [0.2, 0.25) is 0 Å². The van der Waals surface area contributed by atoms with Gasteiger partial charge in [-0.05, 0) is 92.3 Å². The summed E-state index contributed by atoms with van der Waals surface area (Å²) in [6, 6.07) is 49.5. The Morgan fingerprint density at radius 1 is 0.432 bits per heavy atom. The Morgan fingerprint density at radius 3 is 1.91 bits per heavy atom. The first-order valence-electron chi connectivity index (χ1n) is 15.1. The van der Waals surface area contributed by atoms with Gasteiger partial charge in [-0.25, -0.2) is 0 Å². The molecule has 0 saturated heterocycles. The van der Waals surface area contributed by atoms with E-state index in [2.05, 4.69) is 128 Å². The molecule has 0 bridgehead atoms. The smallest absolute Gasteiger partial charge is 0.172 e. The molecule has 0 unspecified atom stereocenters. The van der Waals surface area contributed by atoms with Crippen molar-refractivity contribution in [2.45, 2.75) is 19.3 Å². The van der Waals surface area contributed by atoms with E-state index in [-0.39, 0.29) is 5.41 Å². The highest BCUT2D eigenvalue weighted by Crippen LogP contribution is 2.52. The molecule has 0 N–H and O–H groups in total. The Labute approximate surface area is 256 Å². The lowest BCUT2D eigenvalue weighted by molar-refractivity contribution is 0.360. The molecule has 2 aliphatic rings. The number of hydrogen-bond acceptors (Lipinski definition) is 3. The molecule has 0 saturated carbocycles. The molecule has 3 heteroatoms. The van der Waals surface area contributed by atoms with E-state index in [0.29, 0.717) is 11.5 Å². The summed E-state index contributed by atoms with van der Waals surface area (Å²) in [5.41, 5.74) is 8.40. The third-order valence-electron chi connectivity index (χ3n) is 9.29. The average Bonchev–Trinajstić information content (AvgIpc) is 3.29. The van der Waals surface area contributed by atoms with Crippen LogP contribution < -0.4 is 14.4 Å². The largest absolute Gasteiger partial charge is 0.450 e. The predicted molar refractivity (Wildman–Crippen MR) is 180 cm³/mol. The van der Waals surface area contributed by atoms with Crippen LogP contribution in [0.15, 0.2) is 140 Å². The van der Waals surface area contributed by atoms with Crippen LogP contribution in [0.4, 0.5) is 17.1 Å². The fraction of sp³-hybridized carbons (Fsp3) is 0.0732. The number of para-hydroxylation sites is 2. The van der Waals surface area contributed by atoms with Crippen LogP contribution in [0, 0.1) is 0 Å². The van der Waals surface area contributed by atoms with Gasteiger partial charge in [0.05, 0.1) is 5.69 Å². The molecule has 3 nitrogen and oxygen atoms in total. The number of fused-ring (bicyclic) bond motifs is 8. The molecule has 0 amide bonds. The van der Waals surface area contributed by atoms with Gasteiger partial charge in [-0.3, -0.25) is 0 Å². The van der Waals surface area contributed by atoms with E-state index in [0.717, 1.165) is 28.6 Å². The monoisotopic (exact) mass is 567 g/mol. The van der Waals surface area contributed by atoms with Crippen LogP contribution in [0.3, 0.4) is 0 Å².